The van der Waals surface area contributed by atoms with E-state index < -0.39 is 17.0 Å². The molecule has 19 heavy (non-hydrogen) atoms. The van der Waals surface area contributed by atoms with E-state index in [2.05, 4.69) is 15.9 Å². The van der Waals surface area contributed by atoms with Crippen LogP contribution in [0.15, 0.2) is 40.9 Å². The third-order valence-corrected chi connectivity index (χ3v) is 3.89. The van der Waals surface area contributed by atoms with Crippen LogP contribution in [-0.2, 0) is 0 Å². The summed E-state index contributed by atoms with van der Waals surface area (Å²) < 4.78 is 31.9. The quantitative estimate of drug-likeness (QED) is 0.705. The standard InChI is InChI=1S/C14H10BrClF2O/c1-19-9-3-4-10(11(15)7-9)14(16)8-2-5-12(17)13(18)6-8/h2-7,14H,1H3. The molecule has 1 atom stereocenters. The number of methoxy groups -OCH3 is 1. The number of hydrogen-bond acceptors (Lipinski definition) is 1. The highest BCUT2D eigenvalue weighted by Gasteiger charge is 2.16. The van der Waals surface area contributed by atoms with E-state index in [0.29, 0.717) is 11.3 Å². The van der Waals surface area contributed by atoms with Crippen LogP contribution in [0.4, 0.5) is 8.78 Å². The maximum atomic E-state index is 13.2. The Hall–Kier alpha value is -1.13. The lowest BCUT2D eigenvalue weighted by molar-refractivity contribution is 0.414. The van der Waals surface area contributed by atoms with Gasteiger partial charge in [0.05, 0.1) is 12.5 Å². The Balaban J connectivity index is 2.38. The fourth-order valence-electron chi connectivity index (χ4n) is 1.69. The highest BCUT2D eigenvalue weighted by atomic mass is 79.9. The molecular weight excluding hydrogens is 338 g/mol. The second kappa shape index (κ2) is 5.88. The molecule has 2 aromatic rings. The Bertz CT molecular complexity index is 604. The predicted molar refractivity (Wildman–Crippen MR) is 74.7 cm³/mol. The SMILES string of the molecule is COc1ccc(C(Cl)c2ccc(F)c(F)c2)c(Br)c1. The first-order valence-electron chi connectivity index (χ1n) is 5.45. The molecule has 1 unspecified atom stereocenters. The Morgan fingerprint density at radius 1 is 1.11 bits per heavy atom. The molecule has 5 heteroatoms. The summed E-state index contributed by atoms with van der Waals surface area (Å²) in [5.74, 6) is -1.11. The second-order valence-electron chi connectivity index (χ2n) is 3.92. The number of ether oxygens (including phenoxy) is 1. The summed E-state index contributed by atoms with van der Waals surface area (Å²) in [5.41, 5.74) is 1.25. The van der Waals surface area contributed by atoms with Crippen molar-refractivity contribution >= 4 is 27.5 Å². The summed E-state index contributed by atoms with van der Waals surface area (Å²) in [4.78, 5) is 0. The summed E-state index contributed by atoms with van der Waals surface area (Å²) >= 11 is 9.68. The molecule has 0 spiro atoms. The zero-order chi connectivity index (χ0) is 14.0. The summed E-state index contributed by atoms with van der Waals surface area (Å²) in [7, 11) is 1.56. The molecule has 0 fully saturated rings. The van der Waals surface area contributed by atoms with E-state index in [0.717, 1.165) is 22.2 Å². The van der Waals surface area contributed by atoms with E-state index in [-0.39, 0.29) is 0 Å². The third kappa shape index (κ3) is 3.07. The van der Waals surface area contributed by atoms with Gasteiger partial charge in [0.2, 0.25) is 0 Å². The fourth-order valence-corrected chi connectivity index (χ4v) is 2.73. The van der Waals surface area contributed by atoms with Crippen LogP contribution in [0.3, 0.4) is 0 Å². The van der Waals surface area contributed by atoms with Gasteiger partial charge in [0.15, 0.2) is 11.6 Å². The molecule has 0 radical (unpaired) electrons. The first-order valence-corrected chi connectivity index (χ1v) is 6.68. The normalized spacial score (nSPS) is 12.3. The Labute approximate surface area is 123 Å². The summed E-state index contributed by atoms with van der Waals surface area (Å²) in [6.07, 6.45) is 0. The highest BCUT2D eigenvalue weighted by molar-refractivity contribution is 9.10. The topological polar surface area (TPSA) is 9.23 Å². The average Bonchev–Trinajstić information content (AvgIpc) is 2.41. The zero-order valence-corrected chi connectivity index (χ0v) is 12.3. The highest BCUT2D eigenvalue weighted by Crippen LogP contribution is 2.36. The van der Waals surface area contributed by atoms with E-state index >= 15 is 0 Å². The van der Waals surface area contributed by atoms with Gasteiger partial charge in [-0.25, -0.2) is 8.78 Å². The van der Waals surface area contributed by atoms with Crippen LogP contribution in [0.1, 0.15) is 16.5 Å². The van der Waals surface area contributed by atoms with Crippen molar-refractivity contribution in [2.24, 2.45) is 0 Å². The van der Waals surface area contributed by atoms with Gasteiger partial charge in [0, 0.05) is 4.47 Å². The molecule has 0 bridgehead atoms. The molecule has 0 aliphatic carbocycles. The Kier molecular flexibility index (Phi) is 4.42. The number of alkyl halides is 1. The molecule has 0 aliphatic rings. The first-order chi connectivity index (χ1) is 9.02. The number of hydrogen-bond donors (Lipinski definition) is 0. The molecule has 0 saturated heterocycles. The smallest absolute Gasteiger partial charge is 0.159 e. The lowest BCUT2D eigenvalue weighted by Gasteiger charge is -2.13. The summed E-state index contributed by atoms with van der Waals surface area (Å²) in [6.45, 7) is 0. The Morgan fingerprint density at radius 3 is 2.42 bits per heavy atom. The lowest BCUT2D eigenvalue weighted by atomic mass is 10.0. The minimum atomic E-state index is -0.909. The maximum absolute atomic E-state index is 13.2. The molecule has 0 saturated carbocycles. The van der Waals surface area contributed by atoms with E-state index in [1.807, 2.05) is 0 Å². The van der Waals surface area contributed by atoms with Crippen LogP contribution in [0.25, 0.3) is 0 Å². The third-order valence-electron chi connectivity index (χ3n) is 2.72. The monoisotopic (exact) mass is 346 g/mol. The van der Waals surface area contributed by atoms with E-state index in [9.17, 15) is 8.78 Å². The van der Waals surface area contributed by atoms with Crippen LogP contribution >= 0.6 is 27.5 Å². The van der Waals surface area contributed by atoms with Crippen molar-refractivity contribution in [2.75, 3.05) is 7.11 Å². The van der Waals surface area contributed by atoms with Crippen molar-refractivity contribution in [1.82, 2.24) is 0 Å². The first kappa shape index (κ1) is 14.3. The minimum absolute atomic E-state index is 0.492. The largest absolute Gasteiger partial charge is 0.497 e. The van der Waals surface area contributed by atoms with Crippen molar-refractivity contribution in [2.45, 2.75) is 5.38 Å². The van der Waals surface area contributed by atoms with Gasteiger partial charge in [0.1, 0.15) is 5.75 Å². The second-order valence-corrected chi connectivity index (χ2v) is 5.21. The molecule has 1 nitrogen and oxygen atoms in total. The van der Waals surface area contributed by atoms with Crippen molar-refractivity contribution in [3.8, 4) is 5.75 Å². The van der Waals surface area contributed by atoms with Gasteiger partial charge in [-0.2, -0.15) is 0 Å². The van der Waals surface area contributed by atoms with Gasteiger partial charge in [-0.05, 0) is 35.4 Å². The van der Waals surface area contributed by atoms with Crippen molar-refractivity contribution in [1.29, 1.82) is 0 Å². The van der Waals surface area contributed by atoms with Gasteiger partial charge < -0.3 is 4.74 Å². The van der Waals surface area contributed by atoms with E-state index in [4.69, 9.17) is 16.3 Å². The number of benzene rings is 2. The number of rotatable bonds is 3. The fraction of sp³-hybridized carbons (Fsp3) is 0.143. The van der Waals surface area contributed by atoms with Gasteiger partial charge in [-0.3, -0.25) is 0 Å². The van der Waals surface area contributed by atoms with Crippen LogP contribution in [-0.4, -0.2) is 7.11 Å². The van der Waals surface area contributed by atoms with Gasteiger partial charge in [-0.15, -0.1) is 11.6 Å². The molecule has 0 aliphatic heterocycles. The molecule has 100 valence electrons. The summed E-state index contributed by atoms with van der Waals surface area (Å²) in [5, 5.41) is -0.574. The van der Waals surface area contributed by atoms with Crippen LogP contribution in [0.2, 0.25) is 0 Å². The Morgan fingerprint density at radius 2 is 1.84 bits per heavy atom. The lowest BCUT2D eigenvalue weighted by Crippen LogP contribution is -1.97. The molecule has 2 rings (SSSR count). The minimum Gasteiger partial charge on any atom is -0.497 e. The zero-order valence-electron chi connectivity index (χ0n) is 9.96. The van der Waals surface area contributed by atoms with Crippen LogP contribution in [0, 0.1) is 11.6 Å². The number of halogens is 4. The molecule has 0 N–H and O–H groups in total. The van der Waals surface area contributed by atoms with E-state index in [1.54, 1.807) is 25.3 Å². The van der Waals surface area contributed by atoms with Gasteiger partial charge >= 0.3 is 0 Å². The van der Waals surface area contributed by atoms with Crippen molar-refractivity contribution in [3.63, 3.8) is 0 Å². The maximum Gasteiger partial charge on any atom is 0.159 e. The average molecular weight is 348 g/mol. The van der Waals surface area contributed by atoms with E-state index in [1.165, 1.54) is 6.07 Å². The molecule has 0 aromatic heterocycles. The van der Waals surface area contributed by atoms with Gasteiger partial charge in [-0.1, -0.05) is 28.1 Å². The van der Waals surface area contributed by atoms with Crippen LogP contribution < -0.4 is 4.74 Å². The summed E-state index contributed by atoms with van der Waals surface area (Å²) in [6, 6.07) is 8.94. The molecule has 0 heterocycles. The van der Waals surface area contributed by atoms with Crippen LogP contribution in [0.5, 0.6) is 5.75 Å². The molecule has 0 amide bonds. The predicted octanol–water partition coefficient (Wildman–Crippen LogP) is 5.06. The molecular formula is C14H10BrClF2O. The van der Waals surface area contributed by atoms with Gasteiger partial charge in [0.25, 0.3) is 0 Å². The van der Waals surface area contributed by atoms with Crippen molar-refractivity contribution in [3.05, 3.63) is 63.6 Å². The molecule has 2 aromatic carbocycles. The van der Waals surface area contributed by atoms with Crippen molar-refractivity contribution < 1.29 is 13.5 Å².